The van der Waals surface area contributed by atoms with E-state index in [1.807, 2.05) is 60.7 Å². The molecule has 0 unspecified atom stereocenters. The lowest BCUT2D eigenvalue weighted by Gasteiger charge is -2.25. The quantitative estimate of drug-likeness (QED) is 0.184. The fraction of sp³-hybridized carbons (Fsp3) is 0. The van der Waals surface area contributed by atoms with Gasteiger partial charge in [0.25, 0.3) is 0 Å². The highest BCUT2D eigenvalue weighted by Crippen LogP contribution is 2.46. The Hall–Kier alpha value is -5.97. The summed E-state index contributed by atoms with van der Waals surface area (Å²) in [4.78, 5) is 4.47. The van der Waals surface area contributed by atoms with Gasteiger partial charge in [0.05, 0.1) is 16.4 Å². The molecule has 2 heterocycles. The first kappa shape index (κ1) is 27.3. The first-order chi connectivity index (χ1) is 23.2. The van der Waals surface area contributed by atoms with Gasteiger partial charge in [0.2, 0.25) is 0 Å². The molecular formula is C42H27ClN2O2. The van der Waals surface area contributed by atoms with E-state index in [0.29, 0.717) is 5.02 Å². The van der Waals surface area contributed by atoms with Crippen molar-refractivity contribution in [3.63, 3.8) is 0 Å². The third kappa shape index (κ3) is 4.61. The summed E-state index contributed by atoms with van der Waals surface area (Å²) in [6, 6.07) is 56.0. The van der Waals surface area contributed by atoms with Gasteiger partial charge in [-0.3, -0.25) is 0 Å². The van der Waals surface area contributed by atoms with Crippen LogP contribution in [0.5, 0.6) is 0 Å². The van der Waals surface area contributed by atoms with Crippen LogP contribution in [-0.4, -0.2) is 0 Å². The smallest absolute Gasteiger partial charge is 0.160 e. The highest BCUT2D eigenvalue weighted by atomic mass is 35.5. The molecule has 5 heteroatoms. The predicted octanol–water partition coefficient (Wildman–Crippen LogP) is 13.1. The maximum Gasteiger partial charge on any atom is 0.160 e. The van der Waals surface area contributed by atoms with Crippen molar-refractivity contribution in [3.8, 4) is 0 Å². The van der Waals surface area contributed by atoms with Crippen LogP contribution in [0, 0.1) is 0 Å². The topological polar surface area (TPSA) is 32.8 Å². The third-order valence-electron chi connectivity index (χ3n) is 8.69. The average Bonchev–Trinajstić information content (AvgIpc) is 3.70. The molecule has 9 rings (SSSR count). The lowest BCUT2D eigenvalue weighted by atomic mass is 10.1. The number of anilines is 6. The molecule has 0 saturated carbocycles. The van der Waals surface area contributed by atoms with E-state index in [-0.39, 0.29) is 0 Å². The van der Waals surface area contributed by atoms with Crippen LogP contribution < -0.4 is 9.80 Å². The Bertz CT molecular complexity index is 2500. The van der Waals surface area contributed by atoms with Gasteiger partial charge >= 0.3 is 0 Å². The van der Waals surface area contributed by atoms with Crippen LogP contribution in [0.25, 0.3) is 43.9 Å². The van der Waals surface area contributed by atoms with E-state index in [2.05, 4.69) is 113 Å². The van der Waals surface area contributed by atoms with Crippen molar-refractivity contribution in [2.75, 3.05) is 9.80 Å². The molecule has 0 aliphatic heterocycles. The normalized spacial score (nSPS) is 11.5. The van der Waals surface area contributed by atoms with Gasteiger partial charge in [-0.1, -0.05) is 84.4 Å². The second-order valence-electron chi connectivity index (χ2n) is 11.5. The summed E-state index contributed by atoms with van der Waals surface area (Å²) in [5.41, 5.74) is 9.24. The van der Waals surface area contributed by atoms with Gasteiger partial charge < -0.3 is 18.6 Å². The van der Waals surface area contributed by atoms with E-state index in [9.17, 15) is 0 Å². The summed E-state index contributed by atoms with van der Waals surface area (Å²) >= 11 is 6.79. The fourth-order valence-electron chi connectivity index (χ4n) is 6.59. The first-order valence-corrected chi connectivity index (χ1v) is 15.9. The number of nitrogens with zero attached hydrogens (tertiary/aromatic N) is 2. The Balaban J connectivity index is 1.21. The number of hydrogen-bond donors (Lipinski definition) is 0. The van der Waals surface area contributed by atoms with Crippen molar-refractivity contribution in [1.82, 2.24) is 0 Å². The molecule has 0 atom stereocenters. The van der Waals surface area contributed by atoms with E-state index in [0.717, 1.165) is 78.0 Å². The Morgan fingerprint density at radius 3 is 1.66 bits per heavy atom. The number of fused-ring (bicyclic) bond motifs is 6. The van der Waals surface area contributed by atoms with E-state index in [4.69, 9.17) is 20.4 Å². The van der Waals surface area contributed by atoms with Crippen LogP contribution >= 0.6 is 11.6 Å². The van der Waals surface area contributed by atoms with Crippen molar-refractivity contribution in [2.24, 2.45) is 0 Å². The molecule has 2 aromatic heterocycles. The maximum absolute atomic E-state index is 6.79. The molecule has 224 valence electrons. The van der Waals surface area contributed by atoms with Gasteiger partial charge in [-0.05, 0) is 84.9 Å². The third-order valence-corrected chi connectivity index (χ3v) is 9.01. The van der Waals surface area contributed by atoms with Gasteiger partial charge in [0, 0.05) is 50.4 Å². The summed E-state index contributed by atoms with van der Waals surface area (Å²) in [6.07, 6.45) is 0. The highest BCUT2D eigenvalue weighted by Gasteiger charge is 2.22. The molecule has 47 heavy (non-hydrogen) atoms. The summed E-state index contributed by atoms with van der Waals surface area (Å²) in [7, 11) is 0. The lowest BCUT2D eigenvalue weighted by molar-refractivity contribution is 0.667. The van der Waals surface area contributed by atoms with Crippen LogP contribution in [0.1, 0.15) is 0 Å². The second kappa shape index (κ2) is 11.1. The van der Waals surface area contributed by atoms with E-state index in [1.165, 1.54) is 0 Å². The standard InChI is InChI=1S/C42H27ClN2O2/c43-36-23-24-37(42-41(36)34-18-10-11-19-38(34)47-42)45(30-16-8-3-9-17-30)32-20-22-33-35-26-31(21-25-39(35)46-40(33)27-32)44(28-12-4-1-5-13-28)29-14-6-2-7-15-29/h1-27H. The van der Waals surface area contributed by atoms with Crippen molar-refractivity contribution >= 4 is 89.6 Å². The first-order valence-electron chi connectivity index (χ1n) is 15.5. The zero-order valence-corrected chi connectivity index (χ0v) is 25.9. The van der Waals surface area contributed by atoms with Crippen LogP contribution in [-0.2, 0) is 0 Å². The molecule has 4 nitrogen and oxygen atoms in total. The van der Waals surface area contributed by atoms with Crippen LogP contribution in [0.3, 0.4) is 0 Å². The Morgan fingerprint density at radius 1 is 0.383 bits per heavy atom. The molecule has 9 aromatic rings. The highest BCUT2D eigenvalue weighted by molar-refractivity contribution is 6.38. The number of halogens is 1. The maximum atomic E-state index is 6.79. The van der Waals surface area contributed by atoms with Gasteiger partial charge in [-0.25, -0.2) is 0 Å². The predicted molar refractivity (Wildman–Crippen MR) is 195 cm³/mol. The Labute approximate surface area is 276 Å². The molecule has 0 aliphatic carbocycles. The number of para-hydroxylation sites is 4. The Kier molecular flexibility index (Phi) is 6.47. The minimum atomic E-state index is 0.658. The zero-order chi connectivity index (χ0) is 31.3. The molecule has 0 spiro atoms. The van der Waals surface area contributed by atoms with Gasteiger partial charge in [0.1, 0.15) is 16.7 Å². The summed E-state index contributed by atoms with van der Waals surface area (Å²) in [6.45, 7) is 0. The molecule has 0 radical (unpaired) electrons. The van der Waals surface area contributed by atoms with Crippen molar-refractivity contribution < 1.29 is 8.83 Å². The molecule has 0 N–H and O–H groups in total. The van der Waals surface area contributed by atoms with Crippen molar-refractivity contribution in [3.05, 3.63) is 169 Å². The minimum Gasteiger partial charge on any atom is -0.456 e. The van der Waals surface area contributed by atoms with Gasteiger partial charge in [0.15, 0.2) is 5.58 Å². The number of hydrogen-bond acceptors (Lipinski definition) is 4. The molecule has 0 fully saturated rings. The van der Waals surface area contributed by atoms with E-state index >= 15 is 0 Å². The van der Waals surface area contributed by atoms with Crippen molar-refractivity contribution in [2.45, 2.75) is 0 Å². The zero-order valence-electron chi connectivity index (χ0n) is 25.2. The molecular weight excluding hydrogens is 600 g/mol. The monoisotopic (exact) mass is 626 g/mol. The molecule has 0 bridgehead atoms. The second-order valence-corrected chi connectivity index (χ2v) is 11.9. The molecule has 0 aliphatic rings. The summed E-state index contributed by atoms with van der Waals surface area (Å²) < 4.78 is 13.0. The molecule has 0 amide bonds. The van der Waals surface area contributed by atoms with Crippen LogP contribution in [0.4, 0.5) is 34.1 Å². The van der Waals surface area contributed by atoms with Crippen LogP contribution in [0.15, 0.2) is 173 Å². The number of benzene rings is 7. The van der Waals surface area contributed by atoms with Gasteiger partial charge in [-0.15, -0.1) is 0 Å². The fourth-order valence-corrected chi connectivity index (χ4v) is 6.84. The largest absolute Gasteiger partial charge is 0.456 e. The Morgan fingerprint density at radius 2 is 0.957 bits per heavy atom. The van der Waals surface area contributed by atoms with E-state index < -0.39 is 0 Å². The van der Waals surface area contributed by atoms with Crippen LogP contribution in [0.2, 0.25) is 5.02 Å². The summed E-state index contributed by atoms with van der Waals surface area (Å²) in [5.74, 6) is 0. The van der Waals surface area contributed by atoms with E-state index in [1.54, 1.807) is 0 Å². The van der Waals surface area contributed by atoms with Crippen molar-refractivity contribution in [1.29, 1.82) is 0 Å². The number of rotatable bonds is 6. The SMILES string of the molecule is Clc1ccc(N(c2ccccc2)c2ccc3c(c2)oc2ccc(N(c4ccccc4)c4ccccc4)cc23)c2oc3ccccc3c12. The lowest BCUT2D eigenvalue weighted by Crippen LogP contribution is -2.10. The summed E-state index contributed by atoms with van der Waals surface area (Å²) in [5, 5.41) is 4.65. The average molecular weight is 627 g/mol. The number of furan rings is 2. The molecule has 7 aromatic carbocycles. The minimum absolute atomic E-state index is 0.658. The molecule has 0 saturated heterocycles. The van der Waals surface area contributed by atoms with Gasteiger partial charge in [-0.2, -0.15) is 0 Å².